The average molecular weight is 837 g/mol. The third-order valence-electron chi connectivity index (χ3n) is 13.5. The lowest BCUT2D eigenvalue weighted by Crippen LogP contribution is -2.58. The van der Waals surface area contributed by atoms with Crippen LogP contribution in [0.2, 0.25) is 0 Å². The number of hydrogen-bond donors (Lipinski definition) is 3. The van der Waals surface area contributed by atoms with Crippen molar-refractivity contribution in [1.82, 2.24) is 30.1 Å². The quantitative estimate of drug-likeness (QED) is 0.321. The van der Waals surface area contributed by atoms with Gasteiger partial charge in [0.2, 0.25) is 21.8 Å². The van der Waals surface area contributed by atoms with Crippen LogP contribution in [0.15, 0.2) is 36.4 Å². The molecular formula is C43H60N6O9S. The Bertz CT molecular complexity index is 1890. The molecule has 0 aromatic heterocycles. The second kappa shape index (κ2) is 17.8. The van der Waals surface area contributed by atoms with E-state index in [0.29, 0.717) is 51.6 Å². The second-order valence-electron chi connectivity index (χ2n) is 17.8. The van der Waals surface area contributed by atoms with Crippen molar-refractivity contribution in [2.24, 2.45) is 5.92 Å². The van der Waals surface area contributed by atoms with Gasteiger partial charge in [-0.2, -0.15) is 0 Å². The number of likely N-dealkylation sites (tertiary alicyclic amines) is 1. The van der Waals surface area contributed by atoms with Crippen molar-refractivity contribution in [3.63, 3.8) is 0 Å². The van der Waals surface area contributed by atoms with Gasteiger partial charge in [-0.1, -0.05) is 55.7 Å². The highest BCUT2D eigenvalue weighted by molar-refractivity contribution is 7.91. The zero-order valence-corrected chi connectivity index (χ0v) is 34.8. The Labute approximate surface area is 347 Å². The van der Waals surface area contributed by atoms with E-state index in [0.717, 1.165) is 70.0 Å². The van der Waals surface area contributed by atoms with Gasteiger partial charge < -0.3 is 29.9 Å². The highest BCUT2D eigenvalue weighted by Gasteiger charge is 2.62. The molecule has 3 N–H and O–H groups in total. The standard InChI is InChI=1S/C43H60N6O9S/c50-38-36-25-32(58-42(54)48-24-21-29-13-7-10-17-34(29)37(48)28-47-22-11-4-12-23-47)27-49(36)39(51)35(44-41(53)57-31-15-8-9-16-31)18-6-3-1-2-5-14-30-26-43(30,45-38)40(52)46-59(55,56)33-19-20-33/h5,7,10,13-14,17,30-33,35-37H,1-4,6,8-9,11-12,15-16,18-28H2,(H,44,53)(H,45,50)(H,46,52)/b14-5-/t30-,32+,35-,36-,37?,43+/m0/s1. The molecule has 1 aromatic rings. The zero-order valence-electron chi connectivity index (χ0n) is 34.0. The minimum Gasteiger partial charge on any atom is -0.446 e. The number of hydrogen-bond acceptors (Lipinski definition) is 10. The van der Waals surface area contributed by atoms with Gasteiger partial charge in [0.1, 0.15) is 29.8 Å². The number of nitrogens with zero attached hydrogens (tertiary/aromatic N) is 3. The number of fused-ring (bicyclic) bond motifs is 3. The molecular weight excluding hydrogens is 777 g/mol. The molecule has 0 bridgehead atoms. The maximum atomic E-state index is 14.7. The monoisotopic (exact) mass is 836 g/mol. The van der Waals surface area contributed by atoms with Crippen molar-refractivity contribution in [2.75, 3.05) is 32.7 Å². The summed E-state index contributed by atoms with van der Waals surface area (Å²) in [5.74, 6) is -2.39. The van der Waals surface area contributed by atoms with E-state index in [1.807, 2.05) is 24.3 Å². The summed E-state index contributed by atoms with van der Waals surface area (Å²) >= 11 is 0. The maximum absolute atomic E-state index is 14.7. The number of rotatable bonds is 8. The fraction of sp³-hybridized carbons (Fsp3) is 0.698. The molecule has 16 heteroatoms. The fourth-order valence-corrected chi connectivity index (χ4v) is 11.2. The number of carbonyl (C=O) groups is 5. The Morgan fingerprint density at radius 2 is 1.61 bits per heavy atom. The molecule has 2 saturated heterocycles. The van der Waals surface area contributed by atoms with Gasteiger partial charge in [-0.25, -0.2) is 18.0 Å². The molecule has 5 fully saturated rings. The van der Waals surface area contributed by atoms with Gasteiger partial charge in [-0.05, 0) is 108 Å². The van der Waals surface area contributed by atoms with E-state index in [-0.39, 0.29) is 31.5 Å². The number of carbonyl (C=O) groups excluding carboxylic acids is 5. The van der Waals surface area contributed by atoms with Crippen molar-refractivity contribution >= 4 is 39.9 Å². The van der Waals surface area contributed by atoms with Gasteiger partial charge in [-0.15, -0.1) is 0 Å². The minimum absolute atomic E-state index is 0.0393. The van der Waals surface area contributed by atoms with Gasteiger partial charge >= 0.3 is 12.2 Å². The first-order valence-corrected chi connectivity index (χ1v) is 23.6. The first-order valence-electron chi connectivity index (χ1n) is 22.1. The maximum Gasteiger partial charge on any atom is 0.410 e. The third-order valence-corrected chi connectivity index (χ3v) is 15.3. The van der Waals surface area contributed by atoms with Crippen LogP contribution in [0, 0.1) is 5.92 Å². The molecule has 322 valence electrons. The Hall–Kier alpha value is -4.18. The highest BCUT2D eigenvalue weighted by atomic mass is 32.2. The zero-order chi connectivity index (χ0) is 41.1. The number of benzene rings is 1. The topological polar surface area (TPSA) is 184 Å². The predicted octanol–water partition coefficient (Wildman–Crippen LogP) is 4.22. The largest absolute Gasteiger partial charge is 0.446 e. The van der Waals surface area contributed by atoms with Gasteiger partial charge in [0.25, 0.3) is 5.91 Å². The number of nitrogens with one attached hydrogen (secondary N) is 3. The summed E-state index contributed by atoms with van der Waals surface area (Å²) in [6, 6.07) is 5.79. The molecule has 0 spiro atoms. The summed E-state index contributed by atoms with van der Waals surface area (Å²) in [5.41, 5.74) is 0.771. The number of amides is 5. The number of allylic oxidation sites excluding steroid dienone is 1. The SMILES string of the molecule is O=C(N[C@H]1CCCCC/C=C\[C@H]2C[C@@]2(C(=O)NS(=O)(=O)C2CC2)NC(=O)[C@@H]2C[C@@H](OC(=O)N3CCc4ccccc4C3CN3CCCCC3)CN2C1=O)OC1CCCC1. The van der Waals surface area contributed by atoms with E-state index >= 15 is 0 Å². The van der Waals surface area contributed by atoms with E-state index in [1.54, 1.807) is 4.90 Å². The molecule has 59 heavy (non-hydrogen) atoms. The summed E-state index contributed by atoms with van der Waals surface area (Å²) < 4.78 is 40.0. The Morgan fingerprint density at radius 3 is 2.39 bits per heavy atom. The van der Waals surface area contributed by atoms with E-state index in [9.17, 15) is 32.4 Å². The number of piperidine rings is 1. The molecule has 0 radical (unpaired) electrons. The van der Waals surface area contributed by atoms with E-state index in [2.05, 4.69) is 32.4 Å². The van der Waals surface area contributed by atoms with Crippen LogP contribution in [-0.2, 0) is 40.3 Å². The van der Waals surface area contributed by atoms with Crippen molar-refractivity contribution in [3.05, 3.63) is 47.5 Å². The molecule has 3 saturated carbocycles. The molecule has 4 aliphatic heterocycles. The van der Waals surface area contributed by atoms with Crippen LogP contribution in [0.25, 0.3) is 0 Å². The van der Waals surface area contributed by atoms with Crippen molar-refractivity contribution in [3.8, 4) is 0 Å². The molecule has 7 aliphatic rings. The number of ether oxygens (including phenoxy) is 2. The Kier molecular flexibility index (Phi) is 12.5. The number of sulfonamides is 1. The summed E-state index contributed by atoms with van der Waals surface area (Å²) in [6.45, 7) is 2.96. The second-order valence-corrected chi connectivity index (χ2v) is 19.7. The molecule has 6 atom stereocenters. The number of alkyl carbamates (subject to hydrolysis) is 1. The van der Waals surface area contributed by atoms with Crippen LogP contribution in [0.1, 0.15) is 120 Å². The van der Waals surface area contributed by atoms with Crippen LogP contribution < -0.4 is 15.4 Å². The van der Waals surface area contributed by atoms with Gasteiger partial charge in [0.05, 0.1) is 17.8 Å². The van der Waals surface area contributed by atoms with Crippen LogP contribution in [-0.4, -0.2) is 121 Å². The lowest BCUT2D eigenvalue weighted by molar-refractivity contribution is -0.141. The first-order chi connectivity index (χ1) is 28.5. The van der Waals surface area contributed by atoms with Gasteiger partial charge in [0, 0.05) is 25.4 Å². The third kappa shape index (κ3) is 9.58. The van der Waals surface area contributed by atoms with Crippen LogP contribution >= 0.6 is 0 Å². The highest BCUT2D eigenvalue weighted by Crippen LogP contribution is 2.46. The molecule has 1 aromatic carbocycles. The van der Waals surface area contributed by atoms with E-state index in [1.165, 1.54) is 16.9 Å². The molecule has 5 amide bonds. The smallest absolute Gasteiger partial charge is 0.410 e. The molecule has 8 rings (SSSR count). The molecule has 4 heterocycles. The van der Waals surface area contributed by atoms with Gasteiger partial charge in [0.15, 0.2) is 0 Å². The van der Waals surface area contributed by atoms with Crippen molar-refractivity contribution in [2.45, 2.75) is 150 Å². The fourth-order valence-electron chi connectivity index (χ4n) is 9.85. The predicted molar refractivity (Wildman–Crippen MR) is 217 cm³/mol. The van der Waals surface area contributed by atoms with Crippen LogP contribution in [0.3, 0.4) is 0 Å². The lowest BCUT2D eigenvalue weighted by Gasteiger charge is -2.40. The summed E-state index contributed by atoms with van der Waals surface area (Å²) in [5, 5.41) is 5.06. The first kappa shape index (κ1) is 41.5. The van der Waals surface area contributed by atoms with Crippen LogP contribution in [0.4, 0.5) is 9.59 Å². The molecule has 1 unspecified atom stereocenters. The van der Waals surface area contributed by atoms with E-state index in [4.69, 9.17) is 9.47 Å². The normalized spacial score (nSPS) is 31.4. The van der Waals surface area contributed by atoms with E-state index < -0.39 is 74.8 Å². The van der Waals surface area contributed by atoms with Crippen molar-refractivity contribution in [1.29, 1.82) is 0 Å². The summed E-state index contributed by atoms with van der Waals surface area (Å²) in [4.78, 5) is 76.0. The minimum atomic E-state index is -3.91. The lowest BCUT2D eigenvalue weighted by atomic mass is 9.92. The average Bonchev–Trinajstić information content (AvgIpc) is 4.10. The Balaban J connectivity index is 1.04. The molecule has 3 aliphatic carbocycles. The van der Waals surface area contributed by atoms with Crippen molar-refractivity contribution < 1.29 is 41.9 Å². The summed E-state index contributed by atoms with van der Waals surface area (Å²) in [6.07, 6.45) is 13.4. The van der Waals surface area contributed by atoms with Gasteiger partial charge in [-0.3, -0.25) is 24.0 Å². The van der Waals surface area contributed by atoms with Crippen LogP contribution in [0.5, 0.6) is 0 Å². The summed E-state index contributed by atoms with van der Waals surface area (Å²) in [7, 11) is -3.91. The Morgan fingerprint density at radius 1 is 0.864 bits per heavy atom. The molecule has 15 nitrogen and oxygen atoms in total.